The van der Waals surface area contributed by atoms with Crippen LogP contribution >= 0.6 is 0 Å². The van der Waals surface area contributed by atoms with Crippen molar-refractivity contribution in [2.45, 2.75) is 38.9 Å². The van der Waals surface area contributed by atoms with Gasteiger partial charge in [0.05, 0.1) is 0 Å². The van der Waals surface area contributed by atoms with E-state index in [0.29, 0.717) is 12.6 Å². The first kappa shape index (κ1) is 14.0. The van der Waals surface area contributed by atoms with Crippen molar-refractivity contribution in [2.24, 2.45) is 5.73 Å². The highest BCUT2D eigenvalue weighted by Crippen LogP contribution is 2.14. The van der Waals surface area contributed by atoms with E-state index in [0.717, 1.165) is 32.5 Å². The Morgan fingerprint density at radius 2 is 1.84 bits per heavy atom. The average Bonchev–Trinajstić information content (AvgIpc) is 2.41. The summed E-state index contributed by atoms with van der Waals surface area (Å²) in [6, 6.07) is 8.86. The zero-order chi connectivity index (χ0) is 13.7. The Balaban J connectivity index is 1.80. The number of carbonyl (C=O) groups is 1. The summed E-state index contributed by atoms with van der Waals surface area (Å²) in [5.41, 5.74) is 8.10. The van der Waals surface area contributed by atoms with Crippen LogP contribution in [0.1, 0.15) is 30.9 Å². The molecule has 1 aromatic carbocycles. The third-order valence-corrected chi connectivity index (χ3v) is 3.66. The van der Waals surface area contributed by atoms with Crippen LogP contribution in [-0.2, 0) is 17.9 Å². The molecule has 1 heterocycles. The van der Waals surface area contributed by atoms with Gasteiger partial charge in [0, 0.05) is 39.1 Å². The van der Waals surface area contributed by atoms with Crippen LogP contribution in [0.5, 0.6) is 0 Å². The molecule has 1 fully saturated rings. The van der Waals surface area contributed by atoms with Crippen molar-refractivity contribution in [2.75, 3.05) is 13.1 Å². The van der Waals surface area contributed by atoms with Gasteiger partial charge in [0.15, 0.2) is 0 Å². The Labute approximate surface area is 115 Å². The minimum absolute atomic E-state index is 0.0795. The van der Waals surface area contributed by atoms with Crippen molar-refractivity contribution >= 4 is 5.91 Å². The molecule has 4 heteroatoms. The lowest BCUT2D eigenvalue weighted by Gasteiger charge is -2.32. The summed E-state index contributed by atoms with van der Waals surface area (Å²) in [5.74, 6) is 0.0795. The van der Waals surface area contributed by atoms with E-state index in [2.05, 4.69) is 34.5 Å². The molecule has 1 aromatic rings. The van der Waals surface area contributed by atoms with Crippen molar-refractivity contribution in [3.63, 3.8) is 0 Å². The number of hydrogen-bond acceptors (Lipinski definition) is 3. The fraction of sp³-hybridized carbons (Fsp3) is 0.533. The predicted octanol–water partition coefficient (Wildman–Crippen LogP) is 1.25. The molecule has 0 aliphatic carbocycles. The largest absolute Gasteiger partial charge is 0.354 e. The summed E-state index contributed by atoms with van der Waals surface area (Å²) < 4.78 is 0. The third-order valence-electron chi connectivity index (χ3n) is 3.66. The molecule has 1 aliphatic rings. The number of nitrogens with two attached hydrogens (primary N) is 1. The monoisotopic (exact) mass is 261 g/mol. The van der Waals surface area contributed by atoms with E-state index in [1.54, 1.807) is 6.92 Å². The summed E-state index contributed by atoms with van der Waals surface area (Å²) in [6.07, 6.45) is 2.08. The van der Waals surface area contributed by atoms with Crippen LogP contribution in [0.25, 0.3) is 0 Å². The van der Waals surface area contributed by atoms with E-state index in [9.17, 15) is 4.79 Å². The molecule has 4 nitrogen and oxygen atoms in total. The van der Waals surface area contributed by atoms with Gasteiger partial charge >= 0.3 is 0 Å². The van der Waals surface area contributed by atoms with Crippen LogP contribution in [-0.4, -0.2) is 29.9 Å². The number of piperidine rings is 1. The molecule has 0 bridgehead atoms. The Bertz CT molecular complexity index is 408. The van der Waals surface area contributed by atoms with Gasteiger partial charge in [0.2, 0.25) is 5.91 Å². The lowest BCUT2D eigenvalue weighted by Crippen LogP contribution is -2.43. The van der Waals surface area contributed by atoms with E-state index in [-0.39, 0.29) is 5.91 Å². The molecule has 0 spiro atoms. The summed E-state index contributed by atoms with van der Waals surface area (Å²) in [5, 5.41) is 3.00. The van der Waals surface area contributed by atoms with E-state index in [1.807, 2.05) is 0 Å². The molecule has 3 N–H and O–H groups in total. The number of hydrogen-bond donors (Lipinski definition) is 2. The molecule has 0 saturated carbocycles. The number of nitrogens with zero attached hydrogens (tertiary/aromatic N) is 1. The SMILES string of the molecule is CC(=O)NC1CCN(Cc2ccc(CN)cc2)CC1. The first-order chi connectivity index (χ1) is 9.17. The summed E-state index contributed by atoms with van der Waals surface area (Å²) in [4.78, 5) is 13.5. The zero-order valence-electron chi connectivity index (χ0n) is 11.6. The van der Waals surface area contributed by atoms with Gasteiger partial charge in [-0.15, -0.1) is 0 Å². The maximum Gasteiger partial charge on any atom is 0.217 e. The Hall–Kier alpha value is -1.39. The molecule has 1 saturated heterocycles. The molecule has 2 rings (SSSR count). The summed E-state index contributed by atoms with van der Waals surface area (Å²) in [6.45, 7) is 5.26. The van der Waals surface area contributed by atoms with Crippen LogP contribution in [0, 0.1) is 0 Å². The number of nitrogens with one attached hydrogen (secondary N) is 1. The van der Waals surface area contributed by atoms with Crippen molar-refractivity contribution in [1.82, 2.24) is 10.2 Å². The van der Waals surface area contributed by atoms with E-state index >= 15 is 0 Å². The number of benzene rings is 1. The molecule has 104 valence electrons. The number of carbonyl (C=O) groups excluding carboxylic acids is 1. The lowest BCUT2D eigenvalue weighted by molar-refractivity contribution is -0.119. The summed E-state index contributed by atoms with van der Waals surface area (Å²) in [7, 11) is 0. The standard InChI is InChI=1S/C15H23N3O/c1-12(19)17-15-6-8-18(9-7-15)11-14-4-2-13(10-16)3-5-14/h2-5,15H,6-11,16H2,1H3,(H,17,19). The second kappa shape index (κ2) is 6.68. The normalized spacial score (nSPS) is 17.4. The van der Waals surface area contributed by atoms with E-state index in [1.165, 1.54) is 11.1 Å². The molecule has 0 unspecified atom stereocenters. The topological polar surface area (TPSA) is 58.4 Å². The molecular formula is C15H23N3O. The highest BCUT2D eigenvalue weighted by atomic mass is 16.1. The fourth-order valence-electron chi connectivity index (χ4n) is 2.56. The minimum Gasteiger partial charge on any atom is -0.354 e. The molecule has 0 atom stereocenters. The minimum atomic E-state index is 0.0795. The van der Waals surface area contributed by atoms with Crippen molar-refractivity contribution in [3.8, 4) is 0 Å². The van der Waals surface area contributed by atoms with Gasteiger partial charge in [-0.2, -0.15) is 0 Å². The predicted molar refractivity (Wildman–Crippen MR) is 76.4 cm³/mol. The second-order valence-electron chi connectivity index (χ2n) is 5.27. The van der Waals surface area contributed by atoms with E-state index in [4.69, 9.17) is 5.73 Å². The third kappa shape index (κ3) is 4.33. The lowest BCUT2D eigenvalue weighted by atomic mass is 10.0. The second-order valence-corrected chi connectivity index (χ2v) is 5.27. The number of amides is 1. The van der Waals surface area contributed by atoms with Gasteiger partial charge in [-0.1, -0.05) is 24.3 Å². The molecule has 19 heavy (non-hydrogen) atoms. The molecular weight excluding hydrogens is 238 g/mol. The van der Waals surface area contributed by atoms with Gasteiger partial charge in [0.1, 0.15) is 0 Å². The highest BCUT2D eigenvalue weighted by Gasteiger charge is 2.19. The van der Waals surface area contributed by atoms with Crippen LogP contribution in [0.4, 0.5) is 0 Å². The average molecular weight is 261 g/mol. The van der Waals surface area contributed by atoms with Gasteiger partial charge < -0.3 is 11.1 Å². The highest BCUT2D eigenvalue weighted by molar-refractivity contribution is 5.73. The van der Waals surface area contributed by atoms with E-state index < -0.39 is 0 Å². The maximum absolute atomic E-state index is 11.0. The quantitative estimate of drug-likeness (QED) is 0.857. The first-order valence-corrected chi connectivity index (χ1v) is 6.94. The first-order valence-electron chi connectivity index (χ1n) is 6.94. The van der Waals surface area contributed by atoms with Gasteiger partial charge in [-0.05, 0) is 24.0 Å². The fourth-order valence-corrected chi connectivity index (χ4v) is 2.56. The Morgan fingerprint density at radius 3 is 2.37 bits per heavy atom. The van der Waals surface area contributed by atoms with Crippen LogP contribution in [0.2, 0.25) is 0 Å². The van der Waals surface area contributed by atoms with Crippen LogP contribution in [0.15, 0.2) is 24.3 Å². The van der Waals surface area contributed by atoms with Crippen molar-refractivity contribution < 1.29 is 4.79 Å². The number of rotatable bonds is 4. The smallest absolute Gasteiger partial charge is 0.217 e. The van der Waals surface area contributed by atoms with Gasteiger partial charge in [-0.25, -0.2) is 0 Å². The Morgan fingerprint density at radius 1 is 1.26 bits per heavy atom. The molecule has 0 radical (unpaired) electrons. The number of likely N-dealkylation sites (tertiary alicyclic amines) is 1. The van der Waals surface area contributed by atoms with Crippen LogP contribution < -0.4 is 11.1 Å². The molecule has 0 aromatic heterocycles. The van der Waals surface area contributed by atoms with Crippen molar-refractivity contribution in [3.05, 3.63) is 35.4 Å². The maximum atomic E-state index is 11.0. The van der Waals surface area contributed by atoms with Crippen LogP contribution in [0.3, 0.4) is 0 Å². The van der Waals surface area contributed by atoms with Gasteiger partial charge in [0.25, 0.3) is 0 Å². The molecule has 1 aliphatic heterocycles. The van der Waals surface area contributed by atoms with Gasteiger partial charge in [-0.3, -0.25) is 9.69 Å². The summed E-state index contributed by atoms with van der Waals surface area (Å²) >= 11 is 0. The zero-order valence-corrected chi connectivity index (χ0v) is 11.6. The van der Waals surface area contributed by atoms with Crippen molar-refractivity contribution in [1.29, 1.82) is 0 Å². The Kier molecular flexibility index (Phi) is 4.93. The molecule has 1 amide bonds.